The number of carbonyl (C=O) groups is 4. The van der Waals surface area contributed by atoms with Crippen molar-refractivity contribution in [2.24, 2.45) is 22.7 Å². The van der Waals surface area contributed by atoms with E-state index in [0.717, 1.165) is 5.39 Å². The number of Topliss-reactive ketones (excluding diaryl/α,β-unsaturated/α-hetero) is 1. The molecule has 2 N–H and O–H groups in total. The minimum atomic E-state index is -3.85. The molecule has 3 fully saturated rings. The van der Waals surface area contributed by atoms with E-state index in [1.165, 1.54) is 4.90 Å². The van der Waals surface area contributed by atoms with Gasteiger partial charge in [0.05, 0.1) is 48.3 Å². The van der Waals surface area contributed by atoms with Crippen molar-refractivity contribution in [2.75, 3.05) is 13.2 Å². The monoisotopic (exact) mass is 709 g/mol. The number of nitrogens with one attached hydrogen (secondary N) is 1. The Bertz CT molecular complexity index is 1800. The maximum Gasteiger partial charge on any atom is 0.306 e. The van der Waals surface area contributed by atoms with Gasteiger partial charge in [0.25, 0.3) is 0 Å². The number of allylic oxidation sites excluding steroid dienone is 1. The quantitative estimate of drug-likeness (QED) is 0.315. The van der Waals surface area contributed by atoms with E-state index in [-0.39, 0.29) is 38.8 Å². The van der Waals surface area contributed by atoms with E-state index in [2.05, 4.69) is 16.3 Å². The summed E-state index contributed by atoms with van der Waals surface area (Å²) in [4.78, 5) is 61.3. The Kier molecular flexibility index (Phi) is 9.86. The van der Waals surface area contributed by atoms with Gasteiger partial charge in [-0.15, -0.1) is 6.58 Å². The lowest BCUT2D eigenvalue weighted by molar-refractivity contribution is -0.153. The smallest absolute Gasteiger partial charge is 0.306 e. The predicted molar refractivity (Wildman–Crippen MR) is 184 cm³/mol. The Morgan fingerprint density at radius 3 is 2.60 bits per heavy atom. The van der Waals surface area contributed by atoms with Crippen molar-refractivity contribution in [3.05, 3.63) is 48.7 Å². The highest BCUT2D eigenvalue weighted by atomic mass is 32.2. The topological polar surface area (TPSA) is 169 Å². The number of ether oxygens (including phenoxy) is 2. The summed E-state index contributed by atoms with van der Waals surface area (Å²) in [6.07, 6.45) is 4.22. The number of rotatable bonds is 7. The van der Waals surface area contributed by atoms with E-state index in [9.17, 15) is 32.7 Å². The second-order valence-electron chi connectivity index (χ2n) is 15.5. The zero-order valence-electron chi connectivity index (χ0n) is 28.9. The molecule has 6 rings (SSSR count). The van der Waals surface area contributed by atoms with Crippen molar-refractivity contribution >= 4 is 44.4 Å². The molecule has 2 aliphatic carbocycles. The molecule has 2 aromatic rings. The minimum Gasteiger partial charge on any atom is -0.472 e. The highest BCUT2D eigenvalue weighted by molar-refractivity contribution is 7.90. The van der Waals surface area contributed by atoms with E-state index in [0.29, 0.717) is 48.9 Å². The SMILES string of the molecule is C=C[C@@H]1C[C@]1(CC(=O)C1C[C@@H]2CN1C(=O)[C@H](C(C)(C)C)CC(=O)OCCCC[C@@H](O)c1ccc3ccnc(c3c1)O2)C(=O)NS(=O)(=O)C1CC1. The van der Waals surface area contributed by atoms with Crippen LogP contribution in [0.15, 0.2) is 43.1 Å². The van der Waals surface area contributed by atoms with Gasteiger partial charge in [0.2, 0.25) is 27.7 Å². The van der Waals surface area contributed by atoms with Gasteiger partial charge in [0.15, 0.2) is 5.78 Å². The molecule has 0 spiro atoms. The summed E-state index contributed by atoms with van der Waals surface area (Å²) in [6.45, 7) is 9.54. The van der Waals surface area contributed by atoms with Crippen molar-refractivity contribution in [3.8, 4) is 5.88 Å². The van der Waals surface area contributed by atoms with Crippen molar-refractivity contribution in [1.29, 1.82) is 0 Å². The predicted octanol–water partition coefficient (Wildman–Crippen LogP) is 4.16. The second-order valence-corrected chi connectivity index (χ2v) is 17.4. The number of benzene rings is 1. The van der Waals surface area contributed by atoms with Gasteiger partial charge in [-0.2, -0.15) is 0 Å². The lowest BCUT2D eigenvalue weighted by Gasteiger charge is -2.34. The Morgan fingerprint density at radius 2 is 1.92 bits per heavy atom. The molecule has 50 heavy (non-hydrogen) atoms. The Hall–Kier alpha value is -3.84. The number of nitrogens with zero attached hydrogens (tertiary/aromatic N) is 2. The van der Waals surface area contributed by atoms with Crippen LogP contribution in [0, 0.1) is 22.7 Å². The molecule has 1 unspecified atom stereocenters. The highest BCUT2D eigenvalue weighted by Crippen LogP contribution is 2.57. The fourth-order valence-corrected chi connectivity index (χ4v) is 8.73. The van der Waals surface area contributed by atoms with E-state index in [4.69, 9.17) is 9.47 Å². The maximum atomic E-state index is 14.5. The standard InChI is InChI=1S/C37H47N3O9S/c1-5-24-19-37(24,35(45)39-50(46,47)26-11-12-26)20-31(42)29-17-25-21-40(29)34(44)28(36(2,3)4)18-32(43)48-15-7-6-8-30(41)23-10-9-22-13-14-38-33(49-25)27(22)16-23/h5,9-10,13-14,16,24-26,28-30,41H,1,6-8,11-12,15,17-21H2,2-4H3,(H,39,45)/t24-,25-,28-,29?,30-,37-/m1/s1. The van der Waals surface area contributed by atoms with E-state index < -0.39 is 79.8 Å². The largest absolute Gasteiger partial charge is 0.472 e. The first-order chi connectivity index (χ1) is 23.6. The van der Waals surface area contributed by atoms with Gasteiger partial charge in [-0.25, -0.2) is 13.4 Å². The van der Waals surface area contributed by atoms with E-state index >= 15 is 0 Å². The molecule has 13 heteroatoms. The highest BCUT2D eigenvalue weighted by Gasteiger charge is 2.61. The van der Waals surface area contributed by atoms with Gasteiger partial charge in [0, 0.05) is 24.4 Å². The fourth-order valence-electron chi connectivity index (χ4n) is 7.34. The molecular weight excluding hydrogens is 662 g/mol. The van der Waals surface area contributed by atoms with E-state index in [1.54, 1.807) is 12.3 Å². The normalized spacial score (nSPS) is 29.4. The van der Waals surface area contributed by atoms with Crippen LogP contribution in [0.5, 0.6) is 5.88 Å². The van der Waals surface area contributed by atoms with Gasteiger partial charge in [-0.1, -0.05) is 39.0 Å². The summed E-state index contributed by atoms with van der Waals surface area (Å²) in [5.74, 6) is -2.98. The van der Waals surface area contributed by atoms with Crippen LogP contribution >= 0.6 is 0 Å². The van der Waals surface area contributed by atoms with Crippen molar-refractivity contribution in [3.63, 3.8) is 0 Å². The molecule has 0 radical (unpaired) electrons. The molecule has 4 aliphatic rings. The number of aliphatic hydroxyl groups excluding tert-OH is 1. The number of fused-ring (bicyclic) bond motifs is 3. The number of ketones is 1. The number of cyclic esters (lactones) is 1. The van der Waals surface area contributed by atoms with Crippen LogP contribution in [0.2, 0.25) is 0 Å². The number of pyridine rings is 1. The number of hydrogen-bond acceptors (Lipinski definition) is 10. The first-order valence-corrected chi connectivity index (χ1v) is 19.1. The van der Waals surface area contributed by atoms with Crippen LogP contribution in [0.1, 0.15) is 90.2 Å². The number of carbonyl (C=O) groups excluding carboxylic acids is 4. The van der Waals surface area contributed by atoms with Crippen molar-refractivity contribution in [1.82, 2.24) is 14.6 Å². The molecule has 1 saturated heterocycles. The molecule has 2 aliphatic heterocycles. The first-order valence-electron chi connectivity index (χ1n) is 17.5. The summed E-state index contributed by atoms with van der Waals surface area (Å²) in [6, 6.07) is 6.40. The molecule has 1 aromatic carbocycles. The van der Waals surface area contributed by atoms with Gasteiger partial charge in [0.1, 0.15) is 6.10 Å². The lowest BCUT2D eigenvalue weighted by atomic mass is 9.77. The Balaban J connectivity index is 1.33. The third kappa shape index (κ3) is 7.44. The summed E-state index contributed by atoms with van der Waals surface area (Å²) >= 11 is 0. The number of amides is 2. The van der Waals surface area contributed by atoms with Crippen LogP contribution < -0.4 is 9.46 Å². The van der Waals surface area contributed by atoms with Crippen LogP contribution in [-0.2, 0) is 33.9 Å². The molecule has 270 valence electrons. The number of esters is 1. The molecule has 2 saturated carbocycles. The van der Waals surface area contributed by atoms with Gasteiger partial charge in [-0.3, -0.25) is 23.9 Å². The molecular formula is C37H47N3O9S. The summed E-state index contributed by atoms with van der Waals surface area (Å²) in [7, 11) is -3.85. The van der Waals surface area contributed by atoms with Gasteiger partial charge >= 0.3 is 5.97 Å². The first kappa shape index (κ1) is 36.0. The van der Waals surface area contributed by atoms with Crippen LogP contribution in [-0.4, -0.2) is 77.5 Å². The van der Waals surface area contributed by atoms with Crippen LogP contribution in [0.4, 0.5) is 0 Å². The van der Waals surface area contributed by atoms with Gasteiger partial charge in [-0.05, 0) is 72.9 Å². The van der Waals surface area contributed by atoms with Crippen molar-refractivity contribution < 1.29 is 42.2 Å². The molecule has 1 aromatic heterocycles. The molecule has 6 atom stereocenters. The number of aliphatic hydroxyl groups is 1. The maximum absolute atomic E-state index is 14.5. The molecule has 2 amide bonds. The number of sulfonamides is 1. The lowest BCUT2D eigenvalue weighted by Crippen LogP contribution is -2.48. The minimum absolute atomic E-state index is 0.0252. The summed E-state index contributed by atoms with van der Waals surface area (Å²) in [5, 5.41) is 11.9. The van der Waals surface area contributed by atoms with Crippen LogP contribution in [0.3, 0.4) is 0 Å². The molecule has 4 bridgehead atoms. The summed E-state index contributed by atoms with van der Waals surface area (Å²) < 4.78 is 39.6. The van der Waals surface area contributed by atoms with Crippen molar-refractivity contribution in [2.45, 2.75) is 102 Å². The zero-order chi connectivity index (χ0) is 36.0. The Labute approximate surface area is 293 Å². The third-order valence-electron chi connectivity index (χ3n) is 10.7. The van der Waals surface area contributed by atoms with E-state index in [1.807, 2.05) is 45.0 Å². The number of aromatic nitrogens is 1. The molecule has 3 heterocycles. The second kappa shape index (κ2) is 13.7. The zero-order valence-corrected chi connectivity index (χ0v) is 29.7. The Morgan fingerprint density at radius 1 is 1.16 bits per heavy atom. The van der Waals surface area contributed by atoms with Crippen LogP contribution in [0.25, 0.3) is 10.8 Å². The average Bonchev–Trinajstić information content (AvgIpc) is 3.99. The third-order valence-corrected chi connectivity index (χ3v) is 12.6. The average molecular weight is 710 g/mol. The number of hydrogen-bond donors (Lipinski definition) is 2. The van der Waals surface area contributed by atoms with Gasteiger partial charge < -0.3 is 19.5 Å². The summed E-state index contributed by atoms with van der Waals surface area (Å²) in [5.41, 5.74) is -1.28. The molecule has 12 nitrogen and oxygen atoms in total. The fraction of sp³-hybridized carbons (Fsp3) is 0.595.